The maximum atomic E-state index is 12.7. The van der Waals surface area contributed by atoms with Crippen LogP contribution in [0.5, 0.6) is 0 Å². The first kappa shape index (κ1) is 15.6. The molecule has 130 valence electrons. The largest absolute Gasteiger partial charge is 0.348 e. The van der Waals surface area contributed by atoms with Crippen LogP contribution < -0.4 is 10.6 Å². The van der Waals surface area contributed by atoms with Gasteiger partial charge in [0.25, 0.3) is 5.91 Å². The van der Waals surface area contributed by atoms with E-state index in [1.165, 1.54) is 0 Å². The van der Waals surface area contributed by atoms with E-state index in [0.717, 1.165) is 31.5 Å². The fraction of sp³-hybridized carbons (Fsp3) is 0.412. The number of rotatable bonds is 3. The Labute approximate surface area is 145 Å². The molecule has 2 aliphatic rings. The lowest BCUT2D eigenvalue weighted by Gasteiger charge is -2.32. The number of carbonyl (C=O) groups is 2. The molecule has 1 unspecified atom stereocenters. The van der Waals surface area contributed by atoms with Crippen LogP contribution in [0.3, 0.4) is 0 Å². The van der Waals surface area contributed by atoms with Crippen molar-refractivity contribution in [3.05, 3.63) is 41.7 Å². The Balaban J connectivity index is 1.42. The summed E-state index contributed by atoms with van der Waals surface area (Å²) in [7, 11) is 0. The van der Waals surface area contributed by atoms with E-state index in [1.54, 1.807) is 18.3 Å². The fourth-order valence-electron chi connectivity index (χ4n) is 3.56. The predicted molar refractivity (Wildman–Crippen MR) is 90.9 cm³/mol. The zero-order chi connectivity index (χ0) is 17.2. The van der Waals surface area contributed by atoms with E-state index in [-0.39, 0.29) is 11.9 Å². The summed E-state index contributed by atoms with van der Waals surface area (Å²) in [6, 6.07) is 5.30. The molecule has 2 N–H and O–H groups in total. The Hall–Kier alpha value is -2.90. The van der Waals surface area contributed by atoms with Crippen molar-refractivity contribution in [3.8, 4) is 0 Å². The van der Waals surface area contributed by atoms with Crippen LogP contribution in [0.1, 0.15) is 28.8 Å². The van der Waals surface area contributed by atoms with Crippen molar-refractivity contribution in [2.45, 2.75) is 25.9 Å². The lowest BCUT2D eigenvalue weighted by Crippen LogP contribution is -2.43. The number of carbonyl (C=O) groups excluding carboxylic acids is 2. The van der Waals surface area contributed by atoms with E-state index in [1.807, 2.05) is 21.8 Å². The second-order valence-electron chi connectivity index (χ2n) is 6.52. The molecule has 1 saturated heterocycles. The summed E-state index contributed by atoms with van der Waals surface area (Å²) in [6.07, 6.45) is 5.55. The summed E-state index contributed by atoms with van der Waals surface area (Å²) in [4.78, 5) is 26.3. The summed E-state index contributed by atoms with van der Waals surface area (Å²) in [5.41, 5.74) is 2.21. The Kier molecular flexibility index (Phi) is 4.09. The van der Waals surface area contributed by atoms with Gasteiger partial charge in [0.2, 0.25) is 0 Å². The third-order valence-electron chi connectivity index (χ3n) is 4.81. The quantitative estimate of drug-likeness (QED) is 0.885. The zero-order valence-corrected chi connectivity index (χ0v) is 13.8. The summed E-state index contributed by atoms with van der Waals surface area (Å²) in [6.45, 7) is 2.66. The van der Waals surface area contributed by atoms with E-state index >= 15 is 0 Å². The van der Waals surface area contributed by atoms with Gasteiger partial charge in [0, 0.05) is 49.2 Å². The van der Waals surface area contributed by atoms with Gasteiger partial charge in [-0.15, -0.1) is 5.10 Å². The Morgan fingerprint density at radius 1 is 1.40 bits per heavy atom. The minimum atomic E-state index is -0.115. The van der Waals surface area contributed by atoms with Gasteiger partial charge in [-0.3, -0.25) is 9.48 Å². The molecule has 1 atom stereocenters. The number of amides is 3. The van der Waals surface area contributed by atoms with Gasteiger partial charge in [0.05, 0.1) is 6.20 Å². The van der Waals surface area contributed by atoms with Crippen LogP contribution in [0.2, 0.25) is 0 Å². The minimum Gasteiger partial charge on any atom is -0.348 e. The van der Waals surface area contributed by atoms with Crippen molar-refractivity contribution in [1.82, 2.24) is 25.2 Å². The van der Waals surface area contributed by atoms with Gasteiger partial charge < -0.3 is 15.5 Å². The SMILES string of the molecule is O=C1NCc2c(NC(=O)N3CCCC(Cn4ccnn4)C3)cccc21. The molecule has 0 bridgehead atoms. The van der Waals surface area contributed by atoms with Gasteiger partial charge in [-0.2, -0.15) is 0 Å². The van der Waals surface area contributed by atoms with Crippen molar-refractivity contribution in [2.75, 3.05) is 18.4 Å². The van der Waals surface area contributed by atoms with Gasteiger partial charge >= 0.3 is 6.03 Å². The molecule has 2 aromatic rings. The van der Waals surface area contributed by atoms with Gasteiger partial charge in [-0.25, -0.2) is 4.79 Å². The highest BCUT2D eigenvalue weighted by Crippen LogP contribution is 2.25. The van der Waals surface area contributed by atoms with Gasteiger partial charge in [-0.05, 0) is 30.9 Å². The zero-order valence-electron chi connectivity index (χ0n) is 13.8. The topological polar surface area (TPSA) is 92.2 Å². The summed E-state index contributed by atoms with van der Waals surface area (Å²) in [5, 5.41) is 13.6. The van der Waals surface area contributed by atoms with Crippen molar-refractivity contribution in [2.24, 2.45) is 5.92 Å². The van der Waals surface area contributed by atoms with Crippen LogP contribution in [-0.2, 0) is 13.1 Å². The third-order valence-corrected chi connectivity index (χ3v) is 4.81. The fourth-order valence-corrected chi connectivity index (χ4v) is 3.56. The molecular weight excluding hydrogens is 320 g/mol. The van der Waals surface area contributed by atoms with E-state index < -0.39 is 0 Å². The number of nitrogens with zero attached hydrogens (tertiary/aromatic N) is 4. The van der Waals surface area contributed by atoms with E-state index in [0.29, 0.717) is 30.3 Å². The van der Waals surface area contributed by atoms with Crippen molar-refractivity contribution >= 4 is 17.6 Å². The summed E-state index contributed by atoms with van der Waals surface area (Å²) >= 11 is 0. The van der Waals surface area contributed by atoms with Crippen LogP contribution >= 0.6 is 0 Å². The van der Waals surface area contributed by atoms with Gasteiger partial charge in [0.1, 0.15) is 0 Å². The van der Waals surface area contributed by atoms with E-state index in [4.69, 9.17) is 0 Å². The predicted octanol–water partition coefficient (Wildman–Crippen LogP) is 1.47. The Morgan fingerprint density at radius 2 is 2.32 bits per heavy atom. The lowest BCUT2D eigenvalue weighted by atomic mass is 9.98. The van der Waals surface area contributed by atoms with Crippen LogP contribution in [0, 0.1) is 5.92 Å². The normalized spacial score (nSPS) is 19.4. The number of nitrogens with one attached hydrogen (secondary N) is 2. The third kappa shape index (κ3) is 3.19. The molecule has 1 aromatic carbocycles. The van der Waals surface area contributed by atoms with Gasteiger partial charge in [0.15, 0.2) is 0 Å². The molecule has 2 aliphatic heterocycles. The first-order valence-electron chi connectivity index (χ1n) is 8.51. The molecule has 8 heteroatoms. The molecule has 1 fully saturated rings. The second kappa shape index (κ2) is 6.54. The maximum Gasteiger partial charge on any atom is 0.321 e. The minimum absolute atomic E-state index is 0.0861. The van der Waals surface area contributed by atoms with E-state index in [2.05, 4.69) is 20.9 Å². The number of aromatic nitrogens is 3. The summed E-state index contributed by atoms with van der Waals surface area (Å²) in [5.74, 6) is 0.280. The number of urea groups is 1. The van der Waals surface area contributed by atoms with Crippen LogP contribution in [-0.4, -0.2) is 44.9 Å². The molecule has 0 spiro atoms. The number of piperidine rings is 1. The number of benzene rings is 1. The van der Waals surface area contributed by atoms with Crippen molar-refractivity contribution in [1.29, 1.82) is 0 Å². The number of fused-ring (bicyclic) bond motifs is 1. The molecule has 0 aliphatic carbocycles. The van der Waals surface area contributed by atoms with Crippen molar-refractivity contribution in [3.63, 3.8) is 0 Å². The molecule has 4 rings (SSSR count). The number of anilines is 1. The average Bonchev–Trinajstić information content (AvgIpc) is 3.26. The lowest BCUT2D eigenvalue weighted by molar-refractivity contribution is 0.0965. The molecule has 0 radical (unpaired) electrons. The number of hydrogen-bond acceptors (Lipinski definition) is 4. The molecular formula is C17H20N6O2. The van der Waals surface area contributed by atoms with Gasteiger partial charge in [-0.1, -0.05) is 11.3 Å². The first-order chi connectivity index (χ1) is 12.2. The monoisotopic (exact) mass is 340 g/mol. The number of hydrogen-bond donors (Lipinski definition) is 2. The molecule has 0 saturated carbocycles. The van der Waals surface area contributed by atoms with Crippen LogP contribution in [0.15, 0.2) is 30.6 Å². The Bertz CT molecular complexity index is 788. The molecule has 3 heterocycles. The molecule has 25 heavy (non-hydrogen) atoms. The smallest absolute Gasteiger partial charge is 0.321 e. The second-order valence-corrected chi connectivity index (χ2v) is 6.52. The highest BCUT2D eigenvalue weighted by atomic mass is 16.2. The molecule has 8 nitrogen and oxygen atoms in total. The van der Waals surface area contributed by atoms with E-state index in [9.17, 15) is 9.59 Å². The summed E-state index contributed by atoms with van der Waals surface area (Å²) < 4.78 is 1.81. The first-order valence-corrected chi connectivity index (χ1v) is 8.51. The van der Waals surface area contributed by atoms with Crippen molar-refractivity contribution < 1.29 is 9.59 Å². The molecule has 1 aromatic heterocycles. The number of likely N-dealkylation sites (tertiary alicyclic amines) is 1. The highest BCUT2D eigenvalue weighted by molar-refractivity contribution is 6.01. The average molecular weight is 340 g/mol. The Morgan fingerprint density at radius 3 is 3.16 bits per heavy atom. The van der Waals surface area contributed by atoms with Crippen LogP contribution in [0.25, 0.3) is 0 Å². The highest BCUT2D eigenvalue weighted by Gasteiger charge is 2.26. The molecule has 3 amide bonds. The standard InChI is InChI=1S/C17H20N6O2/c24-16-13-4-1-5-15(14(13)9-18-16)20-17(25)22-7-2-3-12(10-22)11-23-8-6-19-21-23/h1,4-6,8,12H,2-3,7,9-11H2,(H,18,24)(H,20,25). The van der Waals surface area contributed by atoms with Crippen LogP contribution in [0.4, 0.5) is 10.5 Å². The maximum absolute atomic E-state index is 12.7.